The van der Waals surface area contributed by atoms with Crippen molar-refractivity contribution >= 4 is 0 Å². The average molecular weight is 404 g/mol. The Kier molecular flexibility index (Phi) is 7.06. The molecular formula is C22H28O7. The molecule has 1 aliphatic rings. The summed E-state index contributed by atoms with van der Waals surface area (Å²) in [6.45, 7) is 0.258. The molecule has 0 aromatic heterocycles. The Hall–Kier alpha value is -2.64. The second kappa shape index (κ2) is 9.71. The fraction of sp³-hybridized carbons (Fsp3) is 0.455. The van der Waals surface area contributed by atoms with Gasteiger partial charge in [-0.1, -0.05) is 6.07 Å². The summed E-state index contributed by atoms with van der Waals surface area (Å²) < 4.78 is 38.7. The fourth-order valence-corrected chi connectivity index (χ4v) is 3.52. The van der Waals surface area contributed by atoms with Crippen LogP contribution in [0.1, 0.15) is 11.1 Å². The third kappa shape index (κ3) is 4.68. The van der Waals surface area contributed by atoms with Crippen LogP contribution in [-0.2, 0) is 22.3 Å². The van der Waals surface area contributed by atoms with Crippen LogP contribution in [0.3, 0.4) is 0 Å². The van der Waals surface area contributed by atoms with E-state index < -0.39 is 0 Å². The van der Waals surface area contributed by atoms with E-state index in [4.69, 9.17) is 33.2 Å². The minimum atomic E-state index is -0.173. The molecule has 1 heterocycles. The maximum atomic E-state index is 5.78. The number of methoxy groups -OCH3 is 5. The van der Waals surface area contributed by atoms with E-state index in [0.29, 0.717) is 30.1 Å². The van der Waals surface area contributed by atoms with Crippen molar-refractivity contribution in [2.24, 2.45) is 0 Å². The second-order valence-electron chi connectivity index (χ2n) is 6.68. The minimum absolute atomic E-state index is 0.153. The highest BCUT2D eigenvalue weighted by Crippen LogP contribution is 2.39. The number of fused-ring (bicyclic) bond motifs is 1. The van der Waals surface area contributed by atoms with Crippen molar-refractivity contribution in [1.29, 1.82) is 0 Å². The molecule has 29 heavy (non-hydrogen) atoms. The van der Waals surface area contributed by atoms with E-state index in [0.717, 1.165) is 22.6 Å². The Morgan fingerprint density at radius 3 is 1.86 bits per heavy atom. The Morgan fingerprint density at radius 1 is 0.724 bits per heavy atom. The van der Waals surface area contributed by atoms with Gasteiger partial charge in [0.2, 0.25) is 12.5 Å². The van der Waals surface area contributed by atoms with Gasteiger partial charge in [0.15, 0.2) is 23.0 Å². The maximum Gasteiger partial charge on any atom is 0.231 e. The van der Waals surface area contributed by atoms with Gasteiger partial charge in [0, 0.05) is 27.1 Å². The lowest BCUT2D eigenvalue weighted by molar-refractivity contribution is -0.0346. The predicted octanol–water partition coefficient (Wildman–Crippen LogP) is 3.26. The number of rotatable bonds is 10. The molecular weight excluding hydrogens is 376 g/mol. The molecule has 0 bridgehead atoms. The molecule has 7 heteroatoms. The van der Waals surface area contributed by atoms with Gasteiger partial charge in [-0.05, 0) is 35.4 Å². The first-order valence-corrected chi connectivity index (χ1v) is 9.36. The highest BCUT2D eigenvalue weighted by molar-refractivity contribution is 5.54. The molecule has 0 N–H and O–H groups in total. The predicted molar refractivity (Wildman–Crippen MR) is 108 cm³/mol. The molecule has 2 atom stereocenters. The van der Waals surface area contributed by atoms with Crippen molar-refractivity contribution in [3.05, 3.63) is 41.5 Å². The van der Waals surface area contributed by atoms with E-state index in [1.54, 1.807) is 35.5 Å². The van der Waals surface area contributed by atoms with Gasteiger partial charge in [0.1, 0.15) is 0 Å². The summed E-state index contributed by atoms with van der Waals surface area (Å²) in [4.78, 5) is 0. The number of ether oxygens (including phenoxy) is 7. The van der Waals surface area contributed by atoms with Crippen LogP contribution >= 0.6 is 0 Å². The molecule has 7 nitrogen and oxygen atoms in total. The lowest BCUT2D eigenvalue weighted by atomic mass is 9.97. The Labute approximate surface area is 171 Å². The highest BCUT2D eigenvalue weighted by atomic mass is 16.7. The zero-order chi connectivity index (χ0) is 20.8. The summed E-state index contributed by atoms with van der Waals surface area (Å²) in [5.74, 6) is 3.32. The topological polar surface area (TPSA) is 64.6 Å². The smallest absolute Gasteiger partial charge is 0.231 e. The molecule has 0 saturated heterocycles. The van der Waals surface area contributed by atoms with Gasteiger partial charge in [-0.15, -0.1) is 0 Å². The molecule has 0 fully saturated rings. The van der Waals surface area contributed by atoms with Crippen LogP contribution in [0.25, 0.3) is 0 Å². The lowest BCUT2D eigenvalue weighted by Gasteiger charge is -2.26. The summed E-state index contributed by atoms with van der Waals surface area (Å²) in [6, 6.07) is 9.79. The lowest BCUT2D eigenvalue weighted by Crippen LogP contribution is -2.33. The standard InChI is InChI=1S/C22H28O7/c1-23-17(8-14-6-7-16-19(9-14)29-13-28-16)18(24-2)10-15-11-20(25-3)22(27-5)21(12-15)26-4/h6-7,9,11-12,17-18H,8,10,13H2,1-5H3/t17-,18-/m1/s1. The molecule has 0 amide bonds. The molecule has 0 radical (unpaired) electrons. The molecule has 0 aliphatic carbocycles. The van der Waals surface area contributed by atoms with Crippen molar-refractivity contribution in [3.8, 4) is 28.7 Å². The fourth-order valence-electron chi connectivity index (χ4n) is 3.52. The van der Waals surface area contributed by atoms with Gasteiger partial charge < -0.3 is 33.2 Å². The first kappa shape index (κ1) is 21.1. The van der Waals surface area contributed by atoms with E-state index in [9.17, 15) is 0 Å². The quantitative estimate of drug-likeness (QED) is 0.602. The van der Waals surface area contributed by atoms with Crippen LogP contribution in [0.2, 0.25) is 0 Å². The van der Waals surface area contributed by atoms with Crippen molar-refractivity contribution < 1.29 is 33.2 Å². The first-order chi connectivity index (χ1) is 14.1. The third-order valence-electron chi connectivity index (χ3n) is 5.06. The van der Waals surface area contributed by atoms with E-state index in [2.05, 4.69) is 0 Å². The zero-order valence-corrected chi connectivity index (χ0v) is 17.5. The normalized spacial score (nSPS) is 14.4. The van der Waals surface area contributed by atoms with Crippen molar-refractivity contribution in [2.45, 2.75) is 25.0 Å². The van der Waals surface area contributed by atoms with Crippen molar-refractivity contribution in [2.75, 3.05) is 42.3 Å². The van der Waals surface area contributed by atoms with Gasteiger partial charge in [0.25, 0.3) is 0 Å². The summed E-state index contributed by atoms with van der Waals surface area (Å²) in [7, 11) is 8.18. The van der Waals surface area contributed by atoms with E-state index in [1.807, 2.05) is 30.3 Å². The van der Waals surface area contributed by atoms with Crippen LogP contribution in [-0.4, -0.2) is 54.5 Å². The van der Waals surface area contributed by atoms with Crippen LogP contribution in [0.15, 0.2) is 30.3 Å². The second-order valence-corrected chi connectivity index (χ2v) is 6.68. The van der Waals surface area contributed by atoms with Crippen molar-refractivity contribution in [1.82, 2.24) is 0 Å². The molecule has 0 unspecified atom stereocenters. The van der Waals surface area contributed by atoms with Gasteiger partial charge >= 0.3 is 0 Å². The van der Waals surface area contributed by atoms with E-state index in [-0.39, 0.29) is 19.0 Å². The van der Waals surface area contributed by atoms with Gasteiger partial charge in [-0.25, -0.2) is 0 Å². The van der Waals surface area contributed by atoms with Gasteiger partial charge in [0.05, 0.1) is 33.5 Å². The van der Waals surface area contributed by atoms with Crippen LogP contribution in [0.5, 0.6) is 28.7 Å². The average Bonchev–Trinajstić information content (AvgIpc) is 3.23. The summed E-state index contributed by atoms with van der Waals surface area (Å²) >= 11 is 0. The van der Waals surface area contributed by atoms with Crippen LogP contribution in [0.4, 0.5) is 0 Å². The number of hydrogen-bond donors (Lipinski definition) is 0. The van der Waals surface area contributed by atoms with Crippen LogP contribution in [0, 0.1) is 0 Å². The molecule has 1 aliphatic heterocycles. The molecule has 3 rings (SSSR count). The van der Waals surface area contributed by atoms with E-state index in [1.165, 1.54) is 0 Å². The Bertz CT molecular complexity index is 796. The molecule has 0 saturated carbocycles. The summed E-state index contributed by atoms with van der Waals surface area (Å²) in [6.07, 6.45) is 0.972. The molecule has 2 aromatic rings. The highest BCUT2D eigenvalue weighted by Gasteiger charge is 2.25. The third-order valence-corrected chi connectivity index (χ3v) is 5.06. The Morgan fingerprint density at radius 2 is 1.31 bits per heavy atom. The number of hydrogen-bond acceptors (Lipinski definition) is 7. The molecule has 158 valence electrons. The summed E-state index contributed by atoms with van der Waals surface area (Å²) in [5, 5.41) is 0. The first-order valence-electron chi connectivity index (χ1n) is 9.36. The van der Waals surface area contributed by atoms with Crippen LogP contribution < -0.4 is 23.7 Å². The molecule has 0 spiro atoms. The van der Waals surface area contributed by atoms with Gasteiger partial charge in [-0.2, -0.15) is 0 Å². The number of benzene rings is 2. The summed E-state index contributed by atoms with van der Waals surface area (Å²) in [5.41, 5.74) is 2.09. The maximum absolute atomic E-state index is 5.78. The Balaban J connectivity index is 1.78. The van der Waals surface area contributed by atoms with E-state index >= 15 is 0 Å². The van der Waals surface area contributed by atoms with Gasteiger partial charge in [-0.3, -0.25) is 0 Å². The minimum Gasteiger partial charge on any atom is -0.493 e. The zero-order valence-electron chi connectivity index (χ0n) is 17.5. The van der Waals surface area contributed by atoms with Crippen molar-refractivity contribution in [3.63, 3.8) is 0 Å². The SMILES string of the molecule is COc1cc(C[C@@H](OC)[C@@H](Cc2ccc3c(c2)OCO3)OC)cc(OC)c1OC. The largest absolute Gasteiger partial charge is 0.493 e. The monoisotopic (exact) mass is 404 g/mol. The molecule has 2 aromatic carbocycles.